The van der Waals surface area contributed by atoms with E-state index in [4.69, 9.17) is 4.74 Å². The number of nitro groups is 1. The zero-order valence-corrected chi connectivity index (χ0v) is 20.6. The van der Waals surface area contributed by atoms with Crippen molar-refractivity contribution in [1.29, 1.82) is 0 Å². The average molecular weight is 515 g/mol. The molecule has 0 fully saturated rings. The Morgan fingerprint density at radius 1 is 1.26 bits per heavy atom. The molecule has 8 nitrogen and oxygen atoms in total. The average Bonchev–Trinajstić information content (AvgIpc) is 3.07. The third-order valence-corrected chi connectivity index (χ3v) is 7.16. The van der Waals surface area contributed by atoms with E-state index in [1.165, 1.54) is 22.9 Å². The summed E-state index contributed by atoms with van der Waals surface area (Å²) in [6.07, 6.45) is -4.06. The van der Waals surface area contributed by atoms with Gasteiger partial charge < -0.3 is 13.9 Å². The van der Waals surface area contributed by atoms with Crippen molar-refractivity contribution in [3.05, 3.63) is 68.1 Å². The predicted octanol–water partition coefficient (Wildman–Crippen LogP) is 5.10. The number of aryl methyl sites for hydroxylation is 1. The highest BCUT2D eigenvalue weighted by molar-refractivity contribution is 6.76. The van der Waals surface area contributed by atoms with Crippen molar-refractivity contribution < 1.29 is 27.2 Å². The topological polar surface area (TPSA) is 92.2 Å². The lowest BCUT2D eigenvalue weighted by molar-refractivity contribution is -0.386. The quantitative estimate of drug-likeness (QED) is 0.123. The van der Waals surface area contributed by atoms with E-state index in [1.807, 2.05) is 0 Å². The Hall–Kier alpha value is -3.06. The van der Waals surface area contributed by atoms with Gasteiger partial charge in [0.05, 0.1) is 28.7 Å². The van der Waals surface area contributed by atoms with Gasteiger partial charge in [-0.3, -0.25) is 19.9 Å². The van der Waals surface area contributed by atoms with Crippen LogP contribution in [-0.2, 0) is 24.4 Å². The maximum atomic E-state index is 14.7. The Balaban J connectivity index is 2.07. The van der Waals surface area contributed by atoms with E-state index >= 15 is 0 Å². The highest BCUT2D eigenvalue weighted by atomic mass is 28.3. The number of hydrogen-bond donors (Lipinski definition) is 0. The summed E-state index contributed by atoms with van der Waals surface area (Å²) in [7, 11) is -1.43. The number of fused-ring (bicyclic) bond motifs is 1. The van der Waals surface area contributed by atoms with Crippen LogP contribution >= 0.6 is 0 Å². The van der Waals surface area contributed by atoms with Crippen molar-refractivity contribution >= 4 is 24.8 Å². The third kappa shape index (κ3) is 6.75. The van der Waals surface area contributed by atoms with Crippen LogP contribution in [-0.4, -0.2) is 39.9 Å². The molecule has 13 heteroatoms. The zero-order chi connectivity index (χ0) is 26.0. The largest absolute Gasteiger partial charge is 0.389 e. The summed E-state index contributed by atoms with van der Waals surface area (Å²) in [5.41, 5.74) is -0.829. The Morgan fingerprint density at radius 3 is 2.60 bits per heavy atom. The van der Waals surface area contributed by atoms with Crippen LogP contribution in [0.5, 0.6) is 0 Å². The van der Waals surface area contributed by atoms with Crippen molar-refractivity contribution in [3.8, 4) is 0 Å². The molecular weight excluding hydrogens is 488 g/mol. The molecule has 0 amide bonds. The highest BCUT2D eigenvalue weighted by Gasteiger charge is 2.29. The van der Waals surface area contributed by atoms with Crippen molar-refractivity contribution in [2.24, 2.45) is 0 Å². The van der Waals surface area contributed by atoms with Gasteiger partial charge in [-0.05, 0) is 24.6 Å². The first-order chi connectivity index (χ1) is 16.3. The molecule has 35 heavy (non-hydrogen) atoms. The van der Waals surface area contributed by atoms with Crippen LogP contribution in [0.1, 0.15) is 17.7 Å². The Kier molecular flexibility index (Phi) is 7.79. The van der Waals surface area contributed by atoms with Gasteiger partial charge in [0.15, 0.2) is 0 Å². The molecule has 0 spiro atoms. The number of nitrogens with zero attached hydrogens (tertiary/aromatic N) is 4. The highest BCUT2D eigenvalue weighted by Crippen LogP contribution is 2.29. The molecule has 0 saturated heterocycles. The van der Waals surface area contributed by atoms with Crippen LogP contribution in [0.4, 0.5) is 23.2 Å². The summed E-state index contributed by atoms with van der Waals surface area (Å²) >= 11 is 0. The van der Waals surface area contributed by atoms with Gasteiger partial charge in [-0.25, -0.2) is 4.39 Å². The molecule has 0 bridgehead atoms. The first-order valence-electron chi connectivity index (χ1n) is 10.9. The molecule has 3 aromatic heterocycles. The summed E-state index contributed by atoms with van der Waals surface area (Å²) in [6, 6.07) is 4.79. The van der Waals surface area contributed by atoms with Gasteiger partial charge in [0.1, 0.15) is 12.5 Å². The lowest BCUT2D eigenvalue weighted by atomic mass is 10.1. The van der Waals surface area contributed by atoms with Crippen LogP contribution in [0.25, 0.3) is 11.0 Å². The van der Waals surface area contributed by atoms with Crippen molar-refractivity contribution in [2.75, 3.05) is 6.61 Å². The van der Waals surface area contributed by atoms with E-state index in [1.54, 1.807) is 0 Å². The lowest BCUT2D eigenvalue weighted by Gasteiger charge is -2.18. The van der Waals surface area contributed by atoms with E-state index in [2.05, 4.69) is 24.6 Å². The zero-order valence-electron chi connectivity index (χ0n) is 19.6. The molecule has 190 valence electrons. The van der Waals surface area contributed by atoms with Crippen LogP contribution in [0.15, 0.2) is 35.4 Å². The molecule has 0 unspecified atom stereocenters. The smallest absolute Gasteiger partial charge is 0.361 e. The SMILES string of the molecule is C[Si](C)(C)CCOCn1c(Cn2cccc([N+](=O)[O-])c2=O)cc2ncc(F)c(CCC(F)(F)F)c21. The summed E-state index contributed by atoms with van der Waals surface area (Å²) in [5.74, 6) is -0.873. The minimum Gasteiger partial charge on any atom is -0.361 e. The summed E-state index contributed by atoms with van der Waals surface area (Å²) in [6.45, 7) is 6.64. The van der Waals surface area contributed by atoms with Crippen LogP contribution in [0.2, 0.25) is 25.7 Å². The minimum atomic E-state index is -4.48. The third-order valence-electron chi connectivity index (χ3n) is 5.46. The number of pyridine rings is 2. The maximum absolute atomic E-state index is 14.7. The van der Waals surface area contributed by atoms with Gasteiger partial charge in [0, 0.05) is 44.6 Å². The molecule has 0 aromatic carbocycles. The fraction of sp³-hybridized carbons (Fsp3) is 0.455. The molecule has 0 saturated carbocycles. The number of halogens is 4. The molecule has 0 atom stereocenters. The van der Waals surface area contributed by atoms with E-state index < -0.39 is 49.1 Å². The van der Waals surface area contributed by atoms with Gasteiger partial charge in [0.2, 0.25) is 0 Å². The second kappa shape index (κ2) is 10.3. The fourth-order valence-corrected chi connectivity index (χ4v) is 4.36. The van der Waals surface area contributed by atoms with E-state index in [0.717, 1.165) is 22.9 Å². The fourth-order valence-electron chi connectivity index (χ4n) is 3.60. The normalized spacial score (nSPS) is 12.4. The number of alkyl halides is 3. The van der Waals surface area contributed by atoms with E-state index in [-0.39, 0.29) is 29.9 Å². The Morgan fingerprint density at radius 2 is 1.97 bits per heavy atom. The number of aromatic nitrogens is 3. The second-order valence-corrected chi connectivity index (χ2v) is 15.1. The molecule has 0 N–H and O–H groups in total. The Bertz CT molecular complexity index is 1280. The van der Waals surface area contributed by atoms with Crippen LogP contribution in [0.3, 0.4) is 0 Å². The molecule has 3 aromatic rings. The van der Waals surface area contributed by atoms with Crippen LogP contribution in [0, 0.1) is 15.9 Å². The minimum absolute atomic E-state index is 0.100. The summed E-state index contributed by atoms with van der Waals surface area (Å²) in [5, 5.41) is 11.2. The maximum Gasteiger partial charge on any atom is 0.389 e. The first kappa shape index (κ1) is 26.5. The van der Waals surface area contributed by atoms with Gasteiger partial charge in [-0.1, -0.05) is 19.6 Å². The van der Waals surface area contributed by atoms with Gasteiger partial charge in [0.25, 0.3) is 0 Å². The molecule has 0 aliphatic rings. The lowest BCUT2D eigenvalue weighted by Crippen LogP contribution is -2.24. The van der Waals surface area contributed by atoms with E-state index in [0.29, 0.717) is 12.3 Å². The standard InChI is InChI=1S/C22H26F4N4O4Si/c1-35(2,3)10-9-34-14-29-15(13-28-8-4-5-19(21(28)31)30(32)33)11-18-20(29)16(17(23)12-27-18)6-7-22(24,25)26/h4-5,8,11-12H,6-7,9-10,13-14H2,1-3H3. The van der Waals surface area contributed by atoms with E-state index in [9.17, 15) is 32.5 Å². The van der Waals surface area contributed by atoms with Gasteiger partial charge in [-0.15, -0.1) is 0 Å². The second-order valence-electron chi connectivity index (χ2n) is 9.43. The van der Waals surface area contributed by atoms with Crippen LogP contribution < -0.4 is 5.56 Å². The summed E-state index contributed by atoms with van der Waals surface area (Å²) in [4.78, 5) is 26.9. The molecule has 3 rings (SSSR count). The monoisotopic (exact) mass is 514 g/mol. The summed E-state index contributed by atoms with van der Waals surface area (Å²) < 4.78 is 61.8. The molecule has 3 heterocycles. The molecule has 0 aliphatic carbocycles. The number of ether oxygens (including phenoxy) is 1. The van der Waals surface area contributed by atoms with Crippen molar-refractivity contribution in [3.63, 3.8) is 0 Å². The Labute approximate surface area is 199 Å². The van der Waals surface area contributed by atoms with Crippen molar-refractivity contribution in [1.82, 2.24) is 14.1 Å². The number of hydrogen-bond acceptors (Lipinski definition) is 5. The predicted molar refractivity (Wildman–Crippen MR) is 125 cm³/mol. The first-order valence-corrected chi connectivity index (χ1v) is 14.6. The molecule has 0 aliphatic heterocycles. The van der Waals surface area contributed by atoms with Gasteiger partial charge in [-0.2, -0.15) is 13.2 Å². The van der Waals surface area contributed by atoms with Crippen molar-refractivity contribution in [2.45, 2.75) is 58.0 Å². The van der Waals surface area contributed by atoms with Gasteiger partial charge >= 0.3 is 17.4 Å². The molecule has 0 radical (unpaired) electrons. The number of rotatable bonds is 10. The molecular formula is C22H26F4N4O4Si.